The molecule has 1 aromatic carbocycles. The monoisotopic (exact) mass is 243 g/mol. The Morgan fingerprint density at radius 2 is 2.20 bits per heavy atom. The van der Waals surface area contributed by atoms with Gasteiger partial charge in [-0.15, -0.1) is 6.42 Å². The third-order valence-corrected chi connectivity index (χ3v) is 3.46. The molecule has 80 valence electrons. The predicted molar refractivity (Wildman–Crippen MR) is 60.1 cm³/mol. The number of terminal acetylenes is 1. The number of rotatable bonds is 3. The van der Waals surface area contributed by atoms with Crippen LogP contribution in [-0.4, -0.2) is 14.5 Å². The largest absolute Gasteiger partial charge is 0.241 e. The molecule has 0 saturated carbocycles. The molecule has 1 rings (SSSR count). The zero-order valence-electron chi connectivity index (χ0n) is 8.07. The standard InChI is InChI=1S/C10H10ClNO2S/c1-3-8(2)12-15(13,14)10-6-4-5-9(11)7-10/h1,4-8,12H,2H3/t8-/m0/s1. The minimum absolute atomic E-state index is 0.108. The van der Waals surface area contributed by atoms with E-state index >= 15 is 0 Å². The van der Waals surface area contributed by atoms with Crippen LogP contribution < -0.4 is 4.72 Å². The fourth-order valence-corrected chi connectivity index (χ4v) is 2.43. The van der Waals surface area contributed by atoms with E-state index < -0.39 is 16.1 Å². The molecule has 5 heteroatoms. The second-order valence-electron chi connectivity index (χ2n) is 2.97. The van der Waals surface area contributed by atoms with Crippen LogP contribution >= 0.6 is 11.6 Å². The Labute approximate surface area is 94.5 Å². The molecule has 0 bridgehead atoms. The normalized spacial score (nSPS) is 13.1. The number of hydrogen-bond donors (Lipinski definition) is 1. The van der Waals surface area contributed by atoms with Crippen LogP contribution in [0.2, 0.25) is 5.02 Å². The van der Waals surface area contributed by atoms with Crippen molar-refractivity contribution in [3.05, 3.63) is 29.3 Å². The first-order valence-electron chi connectivity index (χ1n) is 4.20. The smallest absolute Gasteiger partial charge is 0.207 e. The molecule has 0 aliphatic rings. The van der Waals surface area contributed by atoms with Crippen LogP contribution in [0.15, 0.2) is 29.2 Å². The van der Waals surface area contributed by atoms with Crippen molar-refractivity contribution in [3.63, 3.8) is 0 Å². The molecule has 0 fully saturated rings. The van der Waals surface area contributed by atoms with Crippen molar-refractivity contribution >= 4 is 21.6 Å². The average molecular weight is 244 g/mol. The van der Waals surface area contributed by atoms with Crippen molar-refractivity contribution in [1.82, 2.24) is 4.72 Å². The third-order valence-electron chi connectivity index (χ3n) is 1.69. The lowest BCUT2D eigenvalue weighted by Gasteiger charge is -2.08. The number of hydrogen-bond acceptors (Lipinski definition) is 2. The van der Waals surface area contributed by atoms with Gasteiger partial charge in [0.2, 0.25) is 10.0 Å². The van der Waals surface area contributed by atoms with Crippen LogP contribution in [0.5, 0.6) is 0 Å². The van der Waals surface area contributed by atoms with E-state index in [2.05, 4.69) is 10.6 Å². The van der Waals surface area contributed by atoms with Gasteiger partial charge in [0.1, 0.15) is 0 Å². The Morgan fingerprint density at radius 3 is 2.73 bits per heavy atom. The molecule has 1 aromatic rings. The fourth-order valence-electron chi connectivity index (χ4n) is 0.969. The lowest BCUT2D eigenvalue weighted by Crippen LogP contribution is -2.31. The Bertz CT molecular complexity index is 490. The summed E-state index contributed by atoms with van der Waals surface area (Å²) in [6.45, 7) is 1.59. The van der Waals surface area contributed by atoms with E-state index in [9.17, 15) is 8.42 Å². The molecule has 0 aromatic heterocycles. The van der Waals surface area contributed by atoms with Crippen LogP contribution in [0, 0.1) is 12.3 Å². The van der Waals surface area contributed by atoms with E-state index in [1.54, 1.807) is 19.1 Å². The summed E-state index contributed by atoms with van der Waals surface area (Å²) >= 11 is 5.69. The molecule has 0 aliphatic carbocycles. The van der Waals surface area contributed by atoms with Gasteiger partial charge >= 0.3 is 0 Å². The molecule has 0 unspecified atom stereocenters. The van der Waals surface area contributed by atoms with Gasteiger partial charge < -0.3 is 0 Å². The molecule has 0 amide bonds. The second kappa shape index (κ2) is 4.67. The van der Waals surface area contributed by atoms with Crippen LogP contribution in [-0.2, 0) is 10.0 Å². The molecule has 1 atom stereocenters. The highest BCUT2D eigenvalue weighted by Crippen LogP contribution is 2.15. The Balaban J connectivity index is 3.03. The second-order valence-corrected chi connectivity index (χ2v) is 5.12. The molecule has 0 radical (unpaired) electrons. The van der Waals surface area contributed by atoms with Crippen LogP contribution in [0.1, 0.15) is 6.92 Å². The minimum atomic E-state index is -3.57. The number of halogens is 1. The summed E-state index contributed by atoms with van der Waals surface area (Å²) < 4.78 is 25.7. The van der Waals surface area contributed by atoms with Gasteiger partial charge in [0, 0.05) is 5.02 Å². The average Bonchev–Trinajstić information content (AvgIpc) is 2.17. The molecule has 0 spiro atoms. The van der Waals surface area contributed by atoms with Gasteiger partial charge in [-0.1, -0.05) is 23.6 Å². The number of sulfonamides is 1. The summed E-state index contributed by atoms with van der Waals surface area (Å²) in [7, 11) is -3.57. The third kappa shape index (κ3) is 3.24. The first kappa shape index (κ1) is 12.1. The van der Waals surface area contributed by atoms with Gasteiger partial charge in [0.15, 0.2) is 0 Å². The molecule has 1 N–H and O–H groups in total. The maximum absolute atomic E-state index is 11.7. The van der Waals surface area contributed by atoms with Gasteiger partial charge in [-0.3, -0.25) is 0 Å². The van der Waals surface area contributed by atoms with Crippen molar-refractivity contribution in [2.24, 2.45) is 0 Å². The van der Waals surface area contributed by atoms with E-state index in [1.807, 2.05) is 0 Å². The first-order chi connectivity index (χ1) is 6.95. The van der Waals surface area contributed by atoms with E-state index in [1.165, 1.54) is 12.1 Å². The fraction of sp³-hybridized carbons (Fsp3) is 0.200. The minimum Gasteiger partial charge on any atom is -0.207 e. The molecular weight excluding hydrogens is 234 g/mol. The summed E-state index contributed by atoms with van der Waals surface area (Å²) in [6, 6.07) is 5.45. The quantitative estimate of drug-likeness (QED) is 0.821. The van der Waals surface area contributed by atoms with Crippen molar-refractivity contribution in [2.75, 3.05) is 0 Å². The molecule has 0 saturated heterocycles. The van der Waals surface area contributed by atoms with E-state index in [4.69, 9.17) is 18.0 Å². The zero-order chi connectivity index (χ0) is 11.5. The summed E-state index contributed by atoms with van der Waals surface area (Å²) in [5.74, 6) is 2.28. The molecule has 0 heterocycles. The van der Waals surface area contributed by atoms with Crippen molar-refractivity contribution in [2.45, 2.75) is 17.9 Å². The molecule has 15 heavy (non-hydrogen) atoms. The van der Waals surface area contributed by atoms with Gasteiger partial charge in [0.25, 0.3) is 0 Å². The Kier molecular flexibility index (Phi) is 3.75. The summed E-state index contributed by atoms with van der Waals surface area (Å²) in [5.41, 5.74) is 0. The summed E-state index contributed by atoms with van der Waals surface area (Å²) in [5, 5.41) is 0.367. The van der Waals surface area contributed by atoms with Crippen LogP contribution in [0.3, 0.4) is 0 Å². The summed E-state index contributed by atoms with van der Waals surface area (Å²) in [4.78, 5) is 0.108. The van der Waals surface area contributed by atoms with Crippen LogP contribution in [0.25, 0.3) is 0 Å². The lowest BCUT2D eigenvalue weighted by atomic mass is 10.4. The summed E-state index contributed by atoms with van der Waals surface area (Å²) in [6.07, 6.45) is 5.08. The lowest BCUT2D eigenvalue weighted by molar-refractivity contribution is 0.577. The van der Waals surface area contributed by atoms with E-state index in [0.717, 1.165) is 0 Å². The van der Waals surface area contributed by atoms with Gasteiger partial charge in [0.05, 0.1) is 10.9 Å². The van der Waals surface area contributed by atoms with E-state index in [0.29, 0.717) is 5.02 Å². The van der Waals surface area contributed by atoms with Crippen molar-refractivity contribution < 1.29 is 8.42 Å². The molecular formula is C10H10ClNO2S. The highest BCUT2D eigenvalue weighted by Gasteiger charge is 2.15. The van der Waals surface area contributed by atoms with Crippen LogP contribution in [0.4, 0.5) is 0 Å². The van der Waals surface area contributed by atoms with E-state index in [-0.39, 0.29) is 4.90 Å². The van der Waals surface area contributed by atoms with Crippen molar-refractivity contribution in [3.8, 4) is 12.3 Å². The first-order valence-corrected chi connectivity index (χ1v) is 6.06. The molecule has 3 nitrogen and oxygen atoms in total. The Morgan fingerprint density at radius 1 is 1.53 bits per heavy atom. The van der Waals surface area contributed by atoms with Gasteiger partial charge in [-0.25, -0.2) is 8.42 Å². The maximum atomic E-state index is 11.7. The van der Waals surface area contributed by atoms with Crippen molar-refractivity contribution in [1.29, 1.82) is 0 Å². The highest BCUT2D eigenvalue weighted by molar-refractivity contribution is 7.89. The maximum Gasteiger partial charge on any atom is 0.241 e. The zero-order valence-corrected chi connectivity index (χ0v) is 9.64. The molecule has 0 aliphatic heterocycles. The van der Waals surface area contributed by atoms with Gasteiger partial charge in [-0.2, -0.15) is 4.72 Å². The predicted octanol–water partition coefficient (Wildman–Crippen LogP) is 1.64. The SMILES string of the molecule is C#C[C@H](C)NS(=O)(=O)c1cccc(Cl)c1. The number of benzene rings is 1. The van der Waals surface area contributed by atoms with Gasteiger partial charge in [-0.05, 0) is 25.1 Å². The number of nitrogens with one attached hydrogen (secondary N) is 1. The Hall–Kier alpha value is -1.02. The highest BCUT2D eigenvalue weighted by atomic mass is 35.5. The topological polar surface area (TPSA) is 46.2 Å².